The molecule has 1 atom stereocenters. The third kappa shape index (κ3) is 7.02. The quantitative estimate of drug-likeness (QED) is 0.654. The number of unbranched alkanes of at least 4 members (excludes halogenated alkanes) is 1. The molecule has 17 heavy (non-hydrogen) atoms. The maximum atomic E-state index is 3.66. The lowest BCUT2D eigenvalue weighted by molar-refractivity contribution is 0.186. The van der Waals surface area contributed by atoms with Crippen molar-refractivity contribution in [2.45, 2.75) is 45.1 Å². The van der Waals surface area contributed by atoms with Gasteiger partial charge in [0.2, 0.25) is 0 Å². The Kier molecular flexibility index (Phi) is 7.82. The van der Waals surface area contributed by atoms with Crippen molar-refractivity contribution in [1.29, 1.82) is 0 Å². The van der Waals surface area contributed by atoms with Crippen molar-refractivity contribution < 1.29 is 0 Å². The lowest BCUT2D eigenvalue weighted by Crippen LogP contribution is -2.46. The van der Waals surface area contributed by atoms with E-state index in [-0.39, 0.29) is 0 Å². The highest BCUT2D eigenvalue weighted by atomic mass is 15.2. The highest BCUT2D eigenvalue weighted by Crippen LogP contribution is 2.10. The molecule has 1 heterocycles. The van der Waals surface area contributed by atoms with Gasteiger partial charge in [-0.15, -0.1) is 0 Å². The van der Waals surface area contributed by atoms with Crippen molar-refractivity contribution in [3.8, 4) is 0 Å². The van der Waals surface area contributed by atoms with Crippen molar-refractivity contribution in [3.63, 3.8) is 0 Å². The van der Waals surface area contributed by atoms with E-state index in [1.807, 2.05) is 0 Å². The Balaban J connectivity index is 2.07. The molecule has 0 aromatic carbocycles. The molecule has 0 aliphatic carbocycles. The minimum atomic E-state index is 0.748. The van der Waals surface area contributed by atoms with Crippen molar-refractivity contribution in [2.75, 3.05) is 46.8 Å². The number of rotatable bonds is 8. The Labute approximate surface area is 108 Å². The van der Waals surface area contributed by atoms with E-state index in [0.717, 1.165) is 6.04 Å². The molecule has 0 spiro atoms. The predicted molar refractivity (Wildman–Crippen MR) is 75.5 cm³/mol. The molecular weight excluding hydrogens is 210 g/mol. The summed E-state index contributed by atoms with van der Waals surface area (Å²) in [6, 6.07) is 0.748. The van der Waals surface area contributed by atoms with Crippen LogP contribution >= 0.6 is 0 Å². The van der Waals surface area contributed by atoms with E-state index in [1.165, 1.54) is 64.8 Å². The molecule has 3 nitrogen and oxygen atoms in total. The predicted octanol–water partition coefficient (Wildman–Crippen LogP) is 1.79. The SMILES string of the molecule is CCCNC1CCCN(CCCCN(C)C)C1. The van der Waals surface area contributed by atoms with Gasteiger partial charge in [-0.3, -0.25) is 0 Å². The summed E-state index contributed by atoms with van der Waals surface area (Å²) in [7, 11) is 4.32. The third-order valence-corrected chi connectivity index (χ3v) is 3.52. The summed E-state index contributed by atoms with van der Waals surface area (Å²) in [5, 5.41) is 3.66. The summed E-state index contributed by atoms with van der Waals surface area (Å²) in [4.78, 5) is 4.92. The molecule has 1 aliphatic heterocycles. The number of nitrogens with zero attached hydrogens (tertiary/aromatic N) is 2. The Morgan fingerprint density at radius 1 is 1.29 bits per heavy atom. The molecule has 1 rings (SSSR count). The largest absolute Gasteiger partial charge is 0.313 e. The van der Waals surface area contributed by atoms with E-state index in [9.17, 15) is 0 Å². The standard InChI is InChI=1S/C14H31N3/c1-4-9-15-14-8-7-12-17(13-14)11-6-5-10-16(2)3/h14-15H,4-13H2,1-3H3. The third-order valence-electron chi connectivity index (χ3n) is 3.52. The smallest absolute Gasteiger partial charge is 0.0195 e. The molecule has 3 heteroatoms. The highest BCUT2D eigenvalue weighted by Gasteiger charge is 2.18. The zero-order chi connectivity index (χ0) is 12.5. The molecule has 0 bridgehead atoms. The van der Waals surface area contributed by atoms with Crippen LogP contribution in [0.5, 0.6) is 0 Å². The second-order valence-electron chi connectivity index (χ2n) is 5.60. The molecule has 0 aromatic heterocycles. The normalized spacial score (nSPS) is 22.2. The van der Waals surface area contributed by atoms with Gasteiger partial charge in [0, 0.05) is 12.6 Å². The van der Waals surface area contributed by atoms with Crippen molar-refractivity contribution in [1.82, 2.24) is 15.1 Å². The summed E-state index contributed by atoms with van der Waals surface area (Å²) in [6.45, 7) is 8.52. The minimum absolute atomic E-state index is 0.748. The summed E-state index contributed by atoms with van der Waals surface area (Å²) < 4.78 is 0. The number of likely N-dealkylation sites (tertiary alicyclic amines) is 1. The molecule has 1 fully saturated rings. The topological polar surface area (TPSA) is 18.5 Å². The average molecular weight is 241 g/mol. The van der Waals surface area contributed by atoms with Gasteiger partial charge in [0.25, 0.3) is 0 Å². The van der Waals surface area contributed by atoms with E-state index in [0.29, 0.717) is 0 Å². The fourth-order valence-corrected chi connectivity index (χ4v) is 2.54. The van der Waals surface area contributed by atoms with E-state index < -0.39 is 0 Å². The van der Waals surface area contributed by atoms with Crippen LogP contribution in [0.1, 0.15) is 39.0 Å². The molecule has 0 saturated carbocycles. The van der Waals surface area contributed by atoms with E-state index in [2.05, 4.69) is 36.1 Å². The van der Waals surface area contributed by atoms with Gasteiger partial charge in [0.1, 0.15) is 0 Å². The lowest BCUT2D eigenvalue weighted by Gasteiger charge is -2.33. The molecular formula is C14H31N3. The van der Waals surface area contributed by atoms with Crippen LogP contribution in [0, 0.1) is 0 Å². The molecule has 0 aromatic rings. The molecule has 102 valence electrons. The van der Waals surface area contributed by atoms with Crippen LogP contribution in [0.25, 0.3) is 0 Å². The first-order valence-electron chi connectivity index (χ1n) is 7.33. The van der Waals surface area contributed by atoms with Gasteiger partial charge in [0.05, 0.1) is 0 Å². The van der Waals surface area contributed by atoms with Crippen LogP contribution in [0.3, 0.4) is 0 Å². The maximum absolute atomic E-state index is 3.66. The summed E-state index contributed by atoms with van der Waals surface area (Å²) in [6.07, 6.45) is 6.66. The molecule has 1 N–H and O–H groups in total. The minimum Gasteiger partial charge on any atom is -0.313 e. The maximum Gasteiger partial charge on any atom is 0.0195 e. The molecule has 0 radical (unpaired) electrons. The molecule has 1 saturated heterocycles. The van der Waals surface area contributed by atoms with Gasteiger partial charge in [-0.05, 0) is 72.4 Å². The second kappa shape index (κ2) is 8.90. The fraction of sp³-hybridized carbons (Fsp3) is 1.00. The molecule has 1 unspecified atom stereocenters. The molecule has 0 amide bonds. The van der Waals surface area contributed by atoms with Gasteiger partial charge in [-0.2, -0.15) is 0 Å². The second-order valence-corrected chi connectivity index (χ2v) is 5.60. The Hall–Kier alpha value is -0.120. The van der Waals surface area contributed by atoms with Gasteiger partial charge < -0.3 is 15.1 Å². The summed E-state index contributed by atoms with van der Waals surface area (Å²) in [5.41, 5.74) is 0. The van der Waals surface area contributed by atoms with Crippen LogP contribution in [-0.2, 0) is 0 Å². The van der Waals surface area contributed by atoms with Crippen molar-refractivity contribution in [2.24, 2.45) is 0 Å². The first kappa shape index (κ1) is 14.9. The van der Waals surface area contributed by atoms with Crippen molar-refractivity contribution >= 4 is 0 Å². The number of nitrogens with one attached hydrogen (secondary N) is 1. The zero-order valence-corrected chi connectivity index (χ0v) is 12.0. The van der Waals surface area contributed by atoms with E-state index in [1.54, 1.807) is 0 Å². The lowest BCUT2D eigenvalue weighted by atomic mass is 10.1. The van der Waals surface area contributed by atoms with Crippen LogP contribution in [0.15, 0.2) is 0 Å². The van der Waals surface area contributed by atoms with Crippen LogP contribution in [-0.4, -0.2) is 62.7 Å². The van der Waals surface area contributed by atoms with Crippen LogP contribution in [0.4, 0.5) is 0 Å². The van der Waals surface area contributed by atoms with Gasteiger partial charge in [-0.1, -0.05) is 6.92 Å². The van der Waals surface area contributed by atoms with Gasteiger partial charge >= 0.3 is 0 Å². The molecule has 1 aliphatic rings. The van der Waals surface area contributed by atoms with E-state index >= 15 is 0 Å². The highest BCUT2D eigenvalue weighted by molar-refractivity contribution is 4.77. The fourth-order valence-electron chi connectivity index (χ4n) is 2.54. The Bertz CT molecular complexity index is 182. The average Bonchev–Trinajstić information content (AvgIpc) is 2.32. The number of piperidine rings is 1. The first-order chi connectivity index (χ1) is 8.22. The van der Waals surface area contributed by atoms with Gasteiger partial charge in [0.15, 0.2) is 0 Å². The van der Waals surface area contributed by atoms with Crippen LogP contribution < -0.4 is 5.32 Å². The zero-order valence-electron chi connectivity index (χ0n) is 12.0. The van der Waals surface area contributed by atoms with Crippen molar-refractivity contribution in [3.05, 3.63) is 0 Å². The monoisotopic (exact) mass is 241 g/mol. The first-order valence-corrected chi connectivity index (χ1v) is 7.33. The Morgan fingerprint density at radius 3 is 2.82 bits per heavy atom. The number of hydrogen-bond donors (Lipinski definition) is 1. The number of hydrogen-bond acceptors (Lipinski definition) is 3. The summed E-state index contributed by atoms with van der Waals surface area (Å²) in [5.74, 6) is 0. The Morgan fingerprint density at radius 2 is 2.12 bits per heavy atom. The summed E-state index contributed by atoms with van der Waals surface area (Å²) >= 11 is 0. The van der Waals surface area contributed by atoms with Crippen LogP contribution in [0.2, 0.25) is 0 Å². The van der Waals surface area contributed by atoms with Gasteiger partial charge in [-0.25, -0.2) is 0 Å². The van der Waals surface area contributed by atoms with E-state index in [4.69, 9.17) is 0 Å².